The molecule has 1 spiro atoms. The van der Waals surface area contributed by atoms with Crippen molar-refractivity contribution in [1.82, 2.24) is 24.1 Å². The topological polar surface area (TPSA) is 195 Å². The lowest BCUT2D eigenvalue weighted by Crippen LogP contribution is -2.55. The number of nitrogens with one attached hydrogen (secondary N) is 3. The molecule has 0 unspecified atom stereocenters. The molecule has 2 aromatic carbocycles. The number of carbonyl (C=O) groups is 5. The molecule has 45 heavy (non-hydrogen) atoms. The highest BCUT2D eigenvalue weighted by molar-refractivity contribution is 7.87. The standard InChI is InChI=1S/C28H31FN6O9S/c1-30-25(38)31-20-8-9-22-18(13-20)10-11-28(22)24(37)35(27(41)44-28)16-23(36)34(14-17-4-6-19(29)7-5-17)21-3-2-12-33(15-21)45(42,43)32-26(39)40/h4-9,13,21,32H,2-3,10-12,14-16H2,1H3,(H,39,40)(H2,30,31,38)/t21-,28+/m0/s1. The molecular formula is C28H31FN6O9S. The quantitative estimate of drug-likeness (QED) is 0.330. The number of rotatable bonds is 8. The first kappa shape index (κ1) is 31.6. The van der Waals surface area contributed by atoms with Crippen LogP contribution in [0.5, 0.6) is 0 Å². The van der Waals surface area contributed by atoms with E-state index in [0.717, 1.165) is 9.21 Å². The van der Waals surface area contributed by atoms with Gasteiger partial charge in [0.05, 0.1) is 0 Å². The number of fused-ring (bicyclic) bond motifs is 2. The summed E-state index contributed by atoms with van der Waals surface area (Å²) in [5, 5.41) is 14.1. The average molecular weight is 647 g/mol. The first-order valence-electron chi connectivity index (χ1n) is 14.0. The Balaban J connectivity index is 1.38. The minimum Gasteiger partial charge on any atom is -0.464 e. The van der Waals surface area contributed by atoms with E-state index in [-0.39, 0.29) is 26.1 Å². The van der Waals surface area contributed by atoms with Crippen LogP contribution in [0, 0.1) is 5.82 Å². The van der Waals surface area contributed by atoms with E-state index in [1.807, 2.05) is 0 Å². The molecule has 0 radical (unpaired) electrons. The molecule has 6 amide bonds. The maximum Gasteiger partial charge on any atom is 0.419 e. The summed E-state index contributed by atoms with van der Waals surface area (Å²) in [4.78, 5) is 65.5. The number of anilines is 1. The molecule has 1 aliphatic carbocycles. The summed E-state index contributed by atoms with van der Waals surface area (Å²) in [5.74, 6) is -1.93. The number of piperidine rings is 1. The van der Waals surface area contributed by atoms with Crippen molar-refractivity contribution in [3.05, 3.63) is 65.0 Å². The summed E-state index contributed by atoms with van der Waals surface area (Å²) >= 11 is 0. The number of hydrogen-bond acceptors (Lipinski definition) is 8. The lowest BCUT2D eigenvalue weighted by Gasteiger charge is -2.39. The van der Waals surface area contributed by atoms with E-state index in [0.29, 0.717) is 41.6 Å². The van der Waals surface area contributed by atoms with Crippen molar-refractivity contribution in [2.24, 2.45) is 0 Å². The highest BCUT2D eigenvalue weighted by atomic mass is 32.2. The normalized spacial score (nSPS) is 21.3. The molecular weight excluding hydrogens is 615 g/mol. The van der Waals surface area contributed by atoms with Crippen molar-refractivity contribution in [1.29, 1.82) is 0 Å². The number of aryl methyl sites for hydroxylation is 1. The highest BCUT2D eigenvalue weighted by Crippen LogP contribution is 2.46. The zero-order valence-electron chi connectivity index (χ0n) is 24.1. The van der Waals surface area contributed by atoms with Crippen LogP contribution < -0.4 is 15.4 Å². The van der Waals surface area contributed by atoms with Crippen LogP contribution >= 0.6 is 0 Å². The molecule has 240 valence electrons. The zero-order valence-corrected chi connectivity index (χ0v) is 24.9. The third-order valence-electron chi connectivity index (χ3n) is 8.08. The van der Waals surface area contributed by atoms with Crippen LogP contribution in [0.2, 0.25) is 0 Å². The lowest BCUT2D eigenvalue weighted by molar-refractivity contribution is -0.143. The van der Waals surface area contributed by atoms with Gasteiger partial charge in [0.1, 0.15) is 12.4 Å². The van der Waals surface area contributed by atoms with Gasteiger partial charge in [-0.2, -0.15) is 12.7 Å². The van der Waals surface area contributed by atoms with Crippen LogP contribution in [0.15, 0.2) is 42.5 Å². The molecule has 2 aromatic rings. The molecule has 0 bridgehead atoms. The molecule has 2 atom stereocenters. The smallest absolute Gasteiger partial charge is 0.419 e. The molecule has 0 saturated carbocycles. The van der Waals surface area contributed by atoms with E-state index in [1.54, 1.807) is 18.2 Å². The fraction of sp³-hybridized carbons (Fsp3) is 0.393. The van der Waals surface area contributed by atoms with E-state index in [1.165, 1.54) is 40.9 Å². The van der Waals surface area contributed by atoms with Crippen molar-refractivity contribution in [2.45, 2.75) is 43.9 Å². The summed E-state index contributed by atoms with van der Waals surface area (Å²) in [5.41, 5.74) is 0.479. The Morgan fingerprint density at radius 2 is 1.89 bits per heavy atom. The highest BCUT2D eigenvalue weighted by Gasteiger charge is 2.58. The van der Waals surface area contributed by atoms with Crippen LogP contribution in [0.25, 0.3) is 0 Å². The molecule has 2 saturated heterocycles. The summed E-state index contributed by atoms with van der Waals surface area (Å²) < 4.78 is 46.8. The van der Waals surface area contributed by atoms with Gasteiger partial charge in [-0.3, -0.25) is 9.59 Å². The van der Waals surface area contributed by atoms with Gasteiger partial charge in [0.25, 0.3) is 5.91 Å². The van der Waals surface area contributed by atoms with E-state index >= 15 is 0 Å². The van der Waals surface area contributed by atoms with Gasteiger partial charge in [-0.15, -0.1) is 0 Å². The van der Waals surface area contributed by atoms with Gasteiger partial charge in [0.15, 0.2) is 0 Å². The molecule has 2 aliphatic heterocycles. The molecule has 2 heterocycles. The van der Waals surface area contributed by atoms with E-state index in [2.05, 4.69) is 10.6 Å². The van der Waals surface area contributed by atoms with Crippen LogP contribution in [-0.4, -0.2) is 90.4 Å². The largest absolute Gasteiger partial charge is 0.464 e. The second-order valence-corrected chi connectivity index (χ2v) is 12.5. The van der Waals surface area contributed by atoms with Crippen molar-refractivity contribution < 1.29 is 46.6 Å². The monoisotopic (exact) mass is 646 g/mol. The van der Waals surface area contributed by atoms with Crippen LogP contribution in [-0.2, 0) is 43.1 Å². The fourth-order valence-electron chi connectivity index (χ4n) is 5.93. The first-order valence-corrected chi connectivity index (χ1v) is 15.5. The second-order valence-electron chi connectivity index (χ2n) is 10.9. The van der Waals surface area contributed by atoms with Crippen molar-refractivity contribution in [2.75, 3.05) is 32.0 Å². The molecule has 2 fully saturated rings. The summed E-state index contributed by atoms with van der Waals surface area (Å²) in [7, 11) is -2.95. The number of halogens is 1. The van der Waals surface area contributed by atoms with Gasteiger partial charge in [-0.25, -0.2) is 28.4 Å². The first-order chi connectivity index (χ1) is 21.3. The maximum absolute atomic E-state index is 13.8. The third kappa shape index (κ3) is 6.39. The molecule has 15 nitrogen and oxygen atoms in total. The van der Waals surface area contributed by atoms with E-state index < -0.39 is 64.2 Å². The Bertz CT molecular complexity index is 1650. The van der Waals surface area contributed by atoms with Crippen LogP contribution in [0.1, 0.15) is 36.0 Å². The number of nitrogens with zero attached hydrogens (tertiary/aromatic N) is 3. The number of carboxylic acid groups (broad SMARTS) is 1. The second kappa shape index (κ2) is 12.3. The van der Waals surface area contributed by atoms with Crippen LogP contribution in [0.4, 0.5) is 24.5 Å². The maximum atomic E-state index is 13.8. The number of amides is 6. The molecule has 0 aromatic heterocycles. The predicted octanol–water partition coefficient (Wildman–Crippen LogP) is 1.70. The Hall–Kier alpha value is -4.77. The van der Waals surface area contributed by atoms with Gasteiger partial charge in [-0.1, -0.05) is 18.2 Å². The summed E-state index contributed by atoms with van der Waals surface area (Å²) in [6.45, 7) is -1.05. The lowest BCUT2D eigenvalue weighted by atomic mass is 9.94. The predicted molar refractivity (Wildman–Crippen MR) is 154 cm³/mol. The Labute approximate surface area is 257 Å². The Kier molecular flexibility index (Phi) is 8.66. The molecule has 4 N–H and O–H groups in total. The Morgan fingerprint density at radius 1 is 1.16 bits per heavy atom. The number of ether oxygens (including phenoxy) is 1. The van der Waals surface area contributed by atoms with Gasteiger partial charge >= 0.3 is 28.4 Å². The molecule has 3 aliphatic rings. The van der Waals surface area contributed by atoms with Crippen molar-refractivity contribution >= 4 is 45.9 Å². The molecule has 17 heteroatoms. The van der Waals surface area contributed by atoms with Gasteiger partial charge < -0.3 is 25.4 Å². The zero-order chi connectivity index (χ0) is 32.5. The summed E-state index contributed by atoms with van der Waals surface area (Å²) in [6, 6.07) is 8.95. The minimum atomic E-state index is -4.42. The number of carbonyl (C=O) groups excluding carboxylic acids is 4. The minimum absolute atomic E-state index is 0.0108. The number of benzene rings is 2. The average Bonchev–Trinajstić information content (AvgIpc) is 3.47. The van der Waals surface area contributed by atoms with Crippen molar-refractivity contribution in [3.8, 4) is 0 Å². The van der Waals surface area contributed by atoms with Gasteiger partial charge in [0, 0.05) is 50.4 Å². The Morgan fingerprint density at radius 3 is 2.58 bits per heavy atom. The van der Waals surface area contributed by atoms with Gasteiger partial charge in [0.2, 0.25) is 11.5 Å². The fourth-order valence-corrected chi connectivity index (χ4v) is 7.01. The third-order valence-corrected chi connectivity index (χ3v) is 9.52. The van der Waals surface area contributed by atoms with Crippen LogP contribution in [0.3, 0.4) is 0 Å². The number of imide groups is 1. The number of hydrogen-bond donors (Lipinski definition) is 4. The van der Waals surface area contributed by atoms with E-state index in [9.17, 15) is 36.8 Å². The van der Waals surface area contributed by atoms with Crippen molar-refractivity contribution in [3.63, 3.8) is 0 Å². The number of urea groups is 1. The summed E-state index contributed by atoms with van der Waals surface area (Å²) in [6.07, 6.45) is -1.65. The van der Waals surface area contributed by atoms with Gasteiger partial charge in [-0.05, 0) is 54.7 Å². The SMILES string of the molecule is CNC(=O)Nc1ccc2c(c1)CC[C@@]21OC(=O)N(CC(=O)N(Cc2ccc(F)cc2)[C@H]2CCCN(S(=O)(=O)NC(=O)O)C2)C1=O. The molecule has 5 rings (SSSR count). The van der Waals surface area contributed by atoms with E-state index in [4.69, 9.17) is 9.84 Å².